The Kier molecular flexibility index (Phi) is 5.10. The topological polar surface area (TPSA) is 37.4 Å². The van der Waals surface area contributed by atoms with Gasteiger partial charge in [0.25, 0.3) is 5.91 Å². The Labute approximate surface area is 131 Å². The molecule has 1 amide bonds. The smallest absolute Gasteiger partial charge is 0.254 e. The van der Waals surface area contributed by atoms with Crippen molar-refractivity contribution in [1.82, 2.24) is 4.90 Å². The van der Waals surface area contributed by atoms with E-state index >= 15 is 0 Å². The van der Waals surface area contributed by atoms with E-state index in [9.17, 15) is 9.59 Å². The fraction of sp³-hybridized carbons (Fsp3) is 0.263. The summed E-state index contributed by atoms with van der Waals surface area (Å²) in [5.74, 6) is -0.125. The highest BCUT2D eigenvalue weighted by Crippen LogP contribution is 2.14. The summed E-state index contributed by atoms with van der Waals surface area (Å²) in [6, 6.07) is 15.0. The maximum Gasteiger partial charge on any atom is 0.254 e. The maximum absolute atomic E-state index is 12.6. The second-order valence-corrected chi connectivity index (χ2v) is 5.69. The molecule has 0 heterocycles. The fourth-order valence-electron chi connectivity index (χ4n) is 2.58. The Hall–Kier alpha value is -2.42. The molecule has 0 saturated carbocycles. The third-order valence-corrected chi connectivity index (χ3v) is 3.73. The standard InChI is InChI=1S/C19H21NO2/c1-14-9-15(2)11-17(10-14)19(22)20(3)18(13-21)12-16-7-5-4-6-8-16/h4-11,13,18H,12H2,1-3H3/t18-/m0/s1. The molecule has 22 heavy (non-hydrogen) atoms. The number of hydrogen-bond donors (Lipinski definition) is 0. The highest BCUT2D eigenvalue weighted by molar-refractivity contribution is 5.95. The van der Waals surface area contributed by atoms with Gasteiger partial charge in [-0.25, -0.2) is 0 Å². The second kappa shape index (κ2) is 7.03. The van der Waals surface area contributed by atoms with Crippen molar-refractivity contribution in [2.75, 3.05) is 7.05 Å². The summed E-state index contributed by atoms with van der Waals surface area (Å²) in [7, 11) is 1.68. The summed E-state index contributed by atoms with van der Waals surface area (Å²) < 4.78 is 0. The van der Waals surface area contributed by atoms with Crippen LogP contribution in [0.15, 0.2) is 48.5 Å². The molecule has 2 rings (SSSR count). The Morgan fingerprint density at radius 1 is 1.09 bits per heavy atom. The number of aryl methyl sites for hydroxylation is 2. The summed E-state index contributed by atoms with van der Waals surface area (Å²) in [4.78, 5) is 25.6. The van der Waals surface area contributed by atoms with Crippen LogP contribution in [0.25, 0.3) is 0 Å². The molecule has 0 unspecified atom stereocenters. The van der Waals surface area contributed by atoms with Gasteiger partial charge in [0.2, 0.25) is 0 Å². The molecule has 114 valence electrons. The van der Waals surface area contributed by atoms with Crippen LogP contribution in [-0.4, -0.2) is 30.2 Å². The molecule has 0 aliphatic rings. The van der Waals surface area contributed by atoms with Gasteiger partial charge in [0.15, 0.2) is 0 Å². The lowest BCUT2D eigenvalue weighted by Gasteiger charge is -2.24. The fourth-order valence-corrected chi connectivity index (χ4v) is 2.58. The first-order chi connectivity index (χ1) is 10.5. The molecule has 0 fully saturated rings. The Morgan fingerprint density at radius 3 is 2.23 bits per heavy atom. The first-order valence-electron chi connectivity index (χ1n) is 7.36. The lowest BCUT2D eigenvalue weighted by molar-refractivity contribution is -0.111. The molecule has 0 radical (unpaired) electrons. The van der Waals surface area contributed by atoms with Crippen LogP contribution in [0, 0.1) is 13.8 Å². The van der Waals surface area contributed by atoms with Gasteiger partial charge in [0, 0.05) is 12.6 Å². The van der Waals surface area contributed by atoms with Gasteiger partial charge in [-0.15, -0.1) is 0 Å². The molecule has 0 aliphatic carbocycles. The molecule has 0 saturated heterocycles. The molecule has 0 spiro atoms. The van der Waals surface area contributed by atoms with Gasteiger partial charge in [0.1, 0.15) is 6.29 Å². The lowest BCUT2D eigenvalue weighted by atomic mass is 10.0. The molecule has 0 N–H and O–H groups in total. The summed E-state index contributed by atoms with van der Waals surface area (Å²) in [6.07, 6.45) is 1.37. The summed E-state index contributed by atoms with van der Waals surface area (Å²) in [5.41, 5.74) is 3.75. The number of aldehydes is 1. The van der Waals surface area contributed by atoms with Crippen LogP contribution in [0.3, 0.4) is 0 Å². The molecular formula is C19H21NO2. The number of likely N-dealkylation sites (N-methyl/N-ethyl adjacent to an activating group) is 1. The van der Waals surface area contributed by atoms with E-state index in [2.05, 4.69) is 0 Å². The molecule has 3 nitrogen and oxygen atoms in total. The van der Waals surface area contributed by atoms with Gasteiger partial charge in [-0.1, -0.05) is 47.5 Å². The van der Waals surface area contributed by atoms with E-state index in [1.165, 1.54) is 4.90 Å². The van der Waals surface area contributed by atoms with Gasteiger partial charge in [-0.3, -0.25) is 4.79 Å². The number of carbonyl (C=O) groups is 2. The SMILES string of the molecule is Cc1cc(C)cc(C(=O)N(C)[C@H](C=O)Cc2ccccc2)c1. The largest absolute Gasteiger partial charge is 0.332 e. The molecule has 3 heteroatoms. The highest BCUT2D eigenvalue weighted by atomic mass is 16.2. The van der Waals surface area contributed by atoms with Crippen molar-refractivity contribution in [2.24, 2.45) is 0 Å². The molecule has 2 aromatic rings. The maximum atomic E-state index is 12.6. The summed E-state index contributed by atoms with van der Waals surface area (Å²) in [5, 5.41) is 0. The van der Waals surface area contributed by atoms with Gasteiger partial charge in [-0.05, 0) is 38.0 Å². The monoisotopic (exact) mass is 295 g/mol. The predicted octanol–water partition coefficient (Wildman–Crippen LogP) is 3.19. The molecule has 0 aliphatic heterocycles. The summed E-state index contributed by atoms with van der Waals surface area (Å²) in [6.45, 7) is 3.93. The minimum Gasteiger partial charge on any atom is -0.332 e. The zero-order valence-electron chi connectivity index (χ0n) is 13.2. The first kappa shape index (κ1) is 16.0. The van der Waals surface area contributed by atoms with Crippen LogP contribution in [0.5, 0.6) is 0 Å². The van der Waals surface area contributed by atoms with E-state index in [0.717, 1.165) is 23.0 Å². The predicted molar refractivity (Wildman–Crippen MR) is 88.0 cm³/mol. The van der Waals surface area contributed by atoms with Gasteiger partial charge >= 0.3 is 0 Å². The van der Waals surface area contributed by atoms with Crippen molar-refractivity contribution >= 4 is 12.2 Å². The number of carbonyl (C=O) groups excluding carboxylic acids is 2. The van der Waals surface area contributed by atoms with Gasteiger partial charge in [0.05, 0.1) is 6.04 Å². The third-order valence-electron chi connectivity index (χ3n) is 3.73. The number of nitrogens with zero attached hydrogens (tertiary/aromatic N) is 1. The minimum absolute atomic E-state index is 0.125. The second-order valence-electron chi connectivity index (χ2n) is 5.69. The van der Waals surface area contributed by atoms with E-state index in [1.54, 1.807) is 7.05 Å². The molecule has 1 atom stereocenters. The molecule has 0 bridgehead atoms. The van der Waals surface area contributed by atoms with Crippen LogP contribution in [0.2, 0.25) is 0 Å². The lowest BCUT2D eigenvalue weighted by Crippen LogP contribution is -2.39. The van der Waals surface area contributed by atoms with E-state index in [1.807, 2.05) is 62.4 Å². The van der Waals surface area contributed by atoms with Gasteiger partial charge < -0.3 is 9.69 Å². The van der Waals surface area contributed by atoms with E-state index in [0.29, 0.717) is 12.0 Å². The number of amides is 1. The third kappa shape index (κ3) is 3.82. The van der Waals surface area contributed by atoms with Crippen LogP contribution in [0.1, 0.15) is 27.0 Å². The Balaban J connectivity index is 2.18. The summed E-state index contributed by atoms with van der Waals surface area (Å²) >= 11 is 0. The van der Waals surface area contributed by atoms with Crippen LogP contribution in [-0.2, 0) is 11.2 Å². The van der Waals surface area contributed by atoms with Crippen molar-refractivity contribution in [1.29, 1.82) is 0 Å². The van der Waals surface area contributed by atoms with E-state index in [-0.39, 0.29) is 5.91 Å². The van der Waals surface area contributed by atoms with Crippen molar-refractivity contribution in [3.05, 3.63) is 70.8 Å². The molecule has 2 aromatic carbocycles. The average molecular weight is 295 g/mol. The molecular weight excluding hydrogens is 274 g/mol. The van der Waals surface area contributed by atoms with E-state index in [4.69, 9.17) is 0 Å². The van der Waals surface area contributed by atoms with E-state index < -0.39 is 6.04 Å². The number of benzene rings is 2. The number of hydrogen-bond acceptors (Lipinski definition) is 2. The van der Waals surface area contributed by atoms with Crippen LogP contribution < -0.4 is 0 Å². The number of rotatable bonds is 5. The van der Waals surface area contributed by atoms with Crippen molar-refractivity contribution in [2.45, 2.75) is 26.3 Å². The Bertz CT molecular complexity index is 644. The zero-order valence-corrected chi connectivity index (χ0v) is 13.2. The zero-order chi connectivity index (χ0) is 16.1. The first-order valence-corrected chi connectivity index (χ1v) is 7.36. The minimum atomic E-state index is -0.462. The van der Waals surface area contributed by atoms with Crippen molar-refractivity contribution < 1.29 is 9.59 Å². The average Bonchev–Trinajstić information content (AvgIpc) is 2.51. The van der Waals surface area contributed by atoms with Crippen molar-refractivity contribution in [3.63, 3.8) is 0 Å². The van der Waals surface area contributed by atoms with Crippen LogP contribution >= 0.6 is 0 Å². The van der Waals surface area contributed by atoms with Crippen molar-refractivity contribution in [3.8, 4) is 0 Å². The van der Waals surface area contributed by atoms with Gasteiger partial charge in [-0.2, -0.15) is 0 Å². The quantitative estimate of drug-likeness (QED) is 0.794. The molecule has 0 aromatic heterocycles. The highest BCUT2D eigenvalue weighted by Gasteiger charge is 2.21. The Morgan fingerprint density at radius 2 is 1.68 bits per heavy atom. The van der Waals surface area contributed by atoms with Crippen LogP contribution in [0.4, 0.5) is 0 Å². The normalized spacial score (nSPS) is 11.8.